The molecule has 1 saturated heterocycles. The molecule has 2 rings (SSSR count). The molecule has 1 atom stereocenters. The van der Waals surface area contributed by atoms with Crippen molar-refractivity contribution in [1.82, 2.24) is 9.62 Å². The first kappa shape index (κ1) is 20.2. The number of likely N-dealkylation sites (tertiary alicyclic amines) is 1. The number of halogens is 3. The van der Waals surface area contributed by atoms with Gasteiger partial charge in [-0.05, 0) is 31.0 Å². The lowest BCUT2D eigenvalue weighted by Crippen LogP contribution is -2.43. The molecule has 7 nitrogen and oxygen atoms in total. The summed E-state index contributed by atoms with van der Waals surface area (Å²) in [7, 11) is -4.32. The van der Waals surface area contributed by atoms with E-state index in [0.717, 1.165) is 18.2 Å². The summed E-state index contributed by atoms with van der Waals surface area (Å²) in [6, 6.07) is 2.66. The summed E-state index contributed by atoms with van der Waals surface area (Å²) in [5, 5.41) is 8.83. The second-order valence-electron chi connectivity index (χ2n) is 5.83. The van der Waals surface area contributed by atoms with Gasteiger partial charge in [-0.1, -0.05) is 6.07 Å². The second kappa shape index (κ2) is 7.62. The molecule has 0 aromatic heterocycles. The third-order valence-corrected chi connectivity index (χ3v) is 5.39. The predicted octanol–water partition coefficient (Wildman–Crippen LogP) is 1.45. The third kappa shape index (κ3) is 4.94. The molecule has 1 aliphatic rings. The van der Waals surface area contributed by atoms with Crippen LogP contribution < -0.4 is 4.72 Å². The van der Waals surface area contributed by atoms with E-state index in [1.165, 1.54) is 4.90 Å². The number of nitrogens with zero attached hydrogens (tertiary/aromatic N) is 1. The van der Waals surface area contributed by atoms with Crippen molar-refractivity contribution in [1.29, 1.82) is 0 Å². The first-order chi connectivity index (χ1) is 12.0. The lowest BCUT2D eigenvalue weighted by Gasteiger charge is -2.23. The molecule has 1 unspecified atom stereocenters. The van der Waals surface area contributed by atoms with E-state index in [2.05, 4.69) is 0 Å². The average Bonchev–Trinajstić information content (AvgIpc) is 2.99. The first-order valence-electron chi connectivity index (χ1n) is 7.69. The van der Waals surface area contributed by atoms with Crippen LogP contribution in [0.2, 0.25) is 0 Å². The molecule has 0 spiro atoms. The van der Waals surface area contributed by atoms with Crippen LogP contribution in [0.3, 0.4) is 0 Å². The molecule has 144 valence electrons. The van der Waals surface area contributed by atoms with Crippen LogP contribution in [0.1, 0.15) is 24.8 Å². The van der Waals surface area contributed by atoms with Gasteiger partial charge in [-0.15, -0.1) is 0 Å². The summed E-state index contributed by atoms with van der Waals surface area (Å²) < 4.78 is 64.4. The molecular formula is C15H17F3N2O5S. The summed E-state index contributed by atoms with van der Waals surface area (Å²) in [5.41, 5.74) is -1.12. The number of rotatable bonds is 6. The van der Waals surface area contributed by atoms with Crippen molar-refractivity contribution in [3.63, 3.8) is 0 Å². The fraction of sp³-hybridized carbons (Fsp3) is 0.467. The zero-order valence-electron chi connectivity index (χ0n) is 13.5. The predicted molar refractivity (Wildman–Crippen MR) is 83.6 cm³/mol. The lowest BCUT2D eigenvalue weighted by atomic mass is 10.1. The number of carboxylic acid groups (broad SMARTS) is 1. The van der Waals surface area contributed by atoms with Crippen molar-refractivity contribution in [2.24, 2.45) is 0 Å². The fourth-order valence-corrected chi connectivity index (χ4v) is 3.78. The van der Waals surface area contributed by atoms with E-state index in [1.54, 1.807) is 0 Å². The topological polar surface area (TPSA) is 104 Å². The van der Waals surface area contributed by atoms with Crippen LogP contribution in [-0.4, -0.2) is 49.4 Å². The van der Waals surface area contributed by atoms with Crippen molar-refractivity contribution >= 4 is 21.9 Å². The fourth-order valence-electron chi connectivity index (χ4n) is 2.76. The van der Waals surface area contributed by atoms with Crippen LogP contribution in [0.15, 0.2) is 29.2 Å². The second-order valence-corrected chi connectivity index (χ2v) is 7.60. The Hall–Kier alpha value is -2.14. The summed E-state index contributed by atoms with van der Waals surface area (Å²) in [4.78, 5) is 23.6. The Balaban J connectivity index is 2.06. The molecule has 26 heavy (non-hydrogen) atoms. The summed E-state index contributed by atoms with van der Waals surface area (Å²) in [6.07, 6.45) is -3.84. The Morgan fingerprint density at radius 1 is 1.31 bits per heavy atom. The maximum Gasteiger partial charge on any atom is 0.416 e. The zero-order valence-corrected chi connectivity index (χ0v) is 14.3. The largest absolute Gasteiger partial charge is 0.481 e. The van der Waals surface area contributed by atoms with Gasteiger partial charge in [-0.3, -0.25) is 9.59 Å². The lowest BCUT2D eigenvalue weighted by molar-refractivity contribution is -0.140. The zero-order chi connectivity index (χ0) is 19.5. The number of aliphatic carboxylic acids is 1. The highest BCUT2D eigenvalue weighted by atomic mass is 32.2. The smallest absolute Gasteiger partial charge is 0.416 e. The SMILES string of the molecule is O=C(O)CC1CCCN1C(=O)CNS(=O)(=O)c1cccc(C(F)(F)F)c1. The van der Waals surface area contributed by atoms with Crippen LogP contribution >= 0.6 is 0 Å². The van der Waals surface area contributed by atoms with E-state index in [4.69, 9.17) is 5.11 Å². The number of sulfonamides is 1. The Morgan fingerprint density at radius 2 is 2.00 bits per heavy atom. The molecular weight excluding hydrogens is 377 g/mol. The monoisotopic (exact) mass is 394 g/mol. The van der Waals surface area contributed by atoms with Gasteiger partial charge >= 0.3 is 12.1 Å². The van der Waals surface area contributed by atoms with Gasteiger partial charge in [-0.2, -0.15) is 13.2 Å². The van der Waals surface area contributed by atoms with Crippen molar-refractivity contribution in [3.8, 4) is 0 Å². The van der Waals surface area contributed by atoms with Gasteiger partial charge in [0.25, 0.3) is 0 Å². The van der Waals surface area contributed by atoms with Gasteiger partial charge in [-0.25, -0.2) is 13.1 Å². The molecule has 1 aromatic rings. The summed E-state index contributed by atoms with van der Waals surface area (Å²) in [6.45, 7) is -0.350. The van der Waals surface area contributed by atoms with E-state index in [1.807, 2.05) is 4.72 Å². The number of carbonyl (C=O) groups excluding carboxylic acids is 1. The summed E-state index contributed by atoms with van der Waals surface area (Å²) in [5.74, 6) is -1.69. The highest BCUT2D eigenvalue weighted by Gasteiger charge is 2.33. The van der Waals surface area contributed by atoms with Gasteiger partial charge in [0, 0.05) is 12.6 Å². The standard InChI is InChI=1S/C15H17F3N2O5S/c16-15(17,18)10-3-1-5-12(7-10)26(24,25)19-9-13(21)20-6-2-4-11(20)8-14(22)23/h1,3,5,7,11,19H,2,4,6,8-9H2,(H,22,23). The van der Waals surface area contributed by atoms with Crippen molar-refractivity contribution < 1.29 is 36.3 Å². The Labute approximate surface area is 147 Å². The van der Waals surface area contributed by atoms with Gasteiger partial charge in [0.1, 0.15) is 0 Å². The van der Waals surface area contributed by atoms with Crippen LogP contribution in [0.25, 0.3) is 0 Å². The van der Waals surface area contributed by atoms with Crippen molar-refractivity contribution in [3.05, 3.63) is 29.8 Å². The first-order valence-corrected chi connectivity index (χ1v) is 9.17. The third-order valence-electron chi connectivity index (χ3n) is 3.99. The van der Waals surface area contributed by atoms with Gasteiger partial charge < -0.3 is 10.0 Å². The molecule has 0 saturated carbocycles. The molecule has 1 fully saturated rings. The van der Waals surface area contributed by atoms with Crippen LogP contribution in [0.4, 0.5) is 13.2 Å². The Kier molecular flexibility index (Phi) is 5.91. The number of carboxylic acids is 1. The van der Waals surface area contributed by atoms with Crippen LogP contribution in [0, 0.1) is 0 Å². The van der Waals surface area contributed by atoms with Crippen molar-refractivity contribution in [2.45, 2.75) is 36.4 Å². The van der Waals surface area contributed by atoms with E-state index in [9.17, 15) is 31.2 Å². The van der Waals surface area contributed by atoms with Crippen LogP contribution in [-0.2, 0) is 25.8 Å². The van der Waals surface area contributed by atoms with E-state index < -0.39 is 51.1 Å². The molecule has 1 heterocycles. The minimum absolute atomic E-state index is 0.244. The average molecular weight is 394 g/mol. The number of benzene rings is 1. The molecule has 0 aliphatic carbocycles. The molecule has 1 aliphatic heterocycles. The Bertz CT molecular complexity index is 795. The number of nitrogens with one attached hydrogen (secondary N) is 1. The van der Waals surface area contributed by atoms with Gasteiger partial charge in [0.2, 0.25) is 15.9 Å². The van der Waals surface area contributed by atoms with Crippen molar-refractivity contribution in [2.75, 3.05) is 13.1 Å². The number of amides is 1. The number of hydrogen-bond acceptors (Lipinski definition) is 4. The molecule has 0 radical (unpaired) electrons. The molecule has 1 aromatic carbocycles. The highest BCUT2D eigenvalue weighted by molar-refractivity contribution is 7.89. The maximum atomic E-state index is 12.7. The maximum absolute atomic E-state index is 12.7. The molecule has 11 heteroatoms. The Morgan fingerprint density at radius 3 is 2.62 bits per heavy atom. The number of hydrogen-bond donors (Lipinski definition) is 2. The quantitative estimate of drug-likeness (QED) is 0.760. The van der Waals surface area contributed by atoms with Gasteiger partial charge in [0.15, 0.2) is 0 Å². The molecule has 0 bridgehead atoms. The van der Waals surface area contributed by atoms with E-state index in [-0.39, 0.29) is 6.42 Å². The molecule has 2 N–H and O–H groups in total. The molecule has 1 amide bonds. The van der Waals surface area contributed by atoms with E-state index >= 15 is 0 Å². The normalized spacial score (nSPS) is 18.1. The minimum Gasteiger partial charge on any atom is -0.481 e. The van der Waals surface area contributed by atoms with Gasteiger partial charge in [0.05, 0.1) is 23.4 Å². The highest BCUT2D eigenvalue weighted by Crippen LogP contribution is 2.30. The van der Waals surface area contributed by atoms with Crippen LogP contribution in [0.5, 0.6) is 0 Å². The van der Waals surface area contributed by atoms with E-state index in [0.29, 0.717) is 25.5 Å². The number of carbonyl (C=O) groups is 2. The number of alkyl halides is 3. The summed E-state index contributed by atoms with van der Waals surface area (Å²) >= 11 is 0. The minimum atomic E-state index is -4.69.